The summed E-state index contributed by atoms with van der Waals surface area (Å²) in [5.41, 5.74) is 1.42. The molecule has 90 valence electrons. The maximum atomic E-state index is 10.6. The highest BCUT2D eigenvalue weighted by Gasteiger charge is 2.37. The lowest BCUT2D eigenvalue weighted by atomic mass is 9.87. The van der Waals surface area contributed by atoms with E-state index in [1.165, 1.54) is 0 Å². The highest BCUT2D eigenvalue weighted by Crippen LogP contribution is 2.45. The molecule has 0 aliphatic heterocycles. The van der Waals surface area contributed by atoms with Crippen LogP contribution in [0.15, 0.2) is 23.2 Å². The van der Waals surface area contributed by atoms with Crippen LogP contribution in [0.3, 0.4) is 0 Å². The van der Waals surface area contributed by atoms with Crippen LogP contribution in [0, 0.1) is 0 Å². The Kier molecular flexibility index (Phi) is 3.30. The first-order valence-electron chi connectivity index (χ1n) is 6.13. The number of carbonyl (C=O) groups excluding carboxylic acids is 1. The molecule has 1 N–H and O–H groups in total. The summed E-state index contributed by atoms with van der Waals surface area (Å²) in [5.74, 6) is 0.239. The Labute approximate surface area is 101 Å². The van der Waals surface area contributed by atoms with E-state index in [0.717, 1.165) is 43.2 Å². The molecule has 0 aromatic heterocycles. The minimum atomic E-state index is -0.531. The number of benzene rings is 1. The zero-order valence-corrected chi connectivity index (χ0v) is 10.1. The average Bonchev–Trinajstić information content (AvgIpc) is 2.80. The molecule has 1 fully saturated rings. The van der Waals surface area contributed by atoms with Crippen LogP contribution in [0.1, 0.15) is 43.7 Å². The number of hydrogen-bond donors (Lipinski definition) is 1. The molecule has 1 aliphatic carbocycles. The first kappa shape index (κ1) is 11.9. The van der Waals surface area contributed by atoms with Gasteiger partial charge in [-0.15, -0.1) is 0 Å². The molecular weight excluding hydrogens is 214 g/mol. The number of nitrogens with zero attached hydrogens (tertiary/aromatic N) is 1. The third-order valence-corrected chi connectivity index (χ3v) is 3.66. The summed E-state index contributed by atoms with van der Waals surface area (Å²) < 4.78 is 0. The molecular formula is C14H17NO2. The highest BCUT2D eigenvalue weighted by atomic mass is 16.3. The molecule has 17 heavy (non-hydrogen) atoms. The Balaban J connectivity index is 2.52. The van der Waals surface area contributed by atoms with Gasteiger partial charge in [0.1, 0.15) is 11.3 Å². The summed E-state index contributed by atoms with van der Waals surface area (Å²) in [6.45, 7) is 2.07. The Hall–Kier alpha value is -1.60. The molecule has 2 rings (SSSR count). The first-order valence-corrected chi connectivity index (χ1v) is 6.13. The van der Waals surface area contributed by atoms with E-state index >= 15 is 0 Å². The summed E-state index contributed by atoms with van der Waals surface area (Å²) in [7, 11) is 0. The lowest BCUT2D eigenvalue weighted by molar-refractivity contribution is 0.408. The molecule has 1 aliphatic rings. The molecule has 3 nitrogen and oxygen atoms in total. The molecule has 1 saturated carbocycles. The predicted molar refractivity (Wildman–Crippen MR) is 65.8 cm³/mol. The molecule has 3 heteroatoms. The summed E-state index contributed by atoms with van der Waals surface area (Å²) in [4.78, 5) is 14.6. The molecule has 0 spiro atoms. The number of aromatic hydroxyl groups is 1. The number of phenols is 1. The zero-order valence-electron chi connectivity index (χ0n) is 10.1. The number of isocyanates is 1. The monoisotopic (exact) mass is 231 g/mol. The fourth-order valence-corrected chi connectivity index (χ4v) is 2.66. The van der Waals surface area contributed by atoms with E-state index in [9.17, 15) is 9.90 Å². The van der Waals surface area contributed by atoms with Crippen molar-refractivity contribution in [1.29, 1.82) is 0 Å². The summed E-state index contributed by atoms with van der Waals surface area (Å²) in [6, 6.07) is 5.59. The van der Waals surface area contributed by atoms with Crippen molar-refractivity contribution in [1.82, 2.24) is 0 Å². The topological polar surface area (TPSA) is 49.7 Å². The van der Waals surface area contributed by atoms with Crippen molar-refractivity contribution in [3.8, 4) is 5.75 Å². The van der Waals surface area contributed by atoms with Crippen molar-refractivity contribution < 1.29 is 9.90 Å². The van der Waals surface area contributed by atoms with Gasteiger partial charge < -0.3 is 5.11 Å². The summed E-state index contributed by atoms with van der Waals surface area (Å²) in [6.07, 6.45) is 6.32. The standard InChI is InChI=1S/C14H17NO2/c1-2-11-5-6-13(17)12(9-11)14(15-10-16)7-3-4-8-14/h5-6,9,17H,2-4,7-8H2,1H3. The maximum Gasteiger partial charge on any atom is 0.235 e. The number of rotatable bonds is 3. The van der Waals surface area contributed by atoms with Gasteiger partial charge in [0, 0.05) is 5.56 Å². The molecule has 0 unspecified atom stereocenters. The van der Waals surface area contributed by atoms with Crippen LogP contribution >= 0.6 is 0 Å². The SMILES string of the molecule is CCc1ccc(O)c(C2(N=C=O)CCCC2)c1. The van der Waals surface area contributed by atoms with Gasteiger partial charge in [0.25, 0.3) is 0 Å². The molecule has 0 saturated heterocycles. The molecule has 0 heterocycles. The second-order valence-electron chi connectivity index (χ2n) is 4.65. The maximum absolute atomic E-state index is 10.6. The van der Waals surface area contributed by atoms with Crippen LogP contribution in [0.25, 0.3) is 0 Å². The van der Waals surface area contributed by atoms with Crippen molar-refractivity contribution in [3.05, 3.63) is 29.3 Å². The first-order chi connectivity index (χ1) is 8.22. The summed E-state index contributed by atoms with van der Waals surface area (Å²) >= 11 is 0. The van der Waals surface area contributed by atoms with E-state index in [0.29, 0.717) is 0 Å². The van der Waals surface area contributed by atoms with E-state index < -0.39 is 5.54 Å². The van der Waals surface area contributed by atoms with Crippen molar-refractivity contribution in [2.75, 3.05) is 0 Å². The largest absolute Gasteiger partial charge is 0.508 e. The molecule has 0 atom stereocenters. The van der Waals surface area contributed by atoms with Gasteiger partial charge in [-0.25, -0.2) is 4.79 Å². The van der Waals surface area contributed by atoms with Crippen LogP contribution in [-0.2, 0) is 16.8 Å². The van der Waals surface area contributed by atoms with Gasteiger partial charge in [-0.2, -0.15) is 4.99 Å². The van der Waals surface area contributed by atoms with Gasteiger partial charge >= 0.3 is 0 Å². The van der Waals surface area contributed by atoms with Crippen LogP contribution in [0.4, 0.5) is 0 Å². The van der Waals surface area contributed by atoms with E-state index in [4.69, 9.17) is 0 Å². The zero-order chi connectivity index (χ0) is 12.3. The van der Waals surface area contributed by atoms with Gasteiger partial charge in [-0.05, 0) is 37.0 Å². The minimum absolute atomic E-state index is 0.239. The van der Waals surface area contributed by atoms with Gasteiger partial charge in [-0.1, -0.05) is 25.8 Å². The van der Waals surface area contributed by atoms with Crippen molar-refractivity contribution >= 4 is 6.08 Å². The van der Waals surface area contributed by atoms with E-state index in [1.54, 1.807) is 12.1 Å². The highest BCUT2D eigenvalue weighted by molar-refractivity contribution is 5.45. The summed E-state index contributed by atoms with van der Waals surface area (Å²) in [5, 5.41) is 9.99. The fraction of sp³-hybridized carbons (Fsp3) is 0.500. The Morgan fingerprint density at radius 3 is 2.71 bits per heavy atom. The van der Waals surface area contributed by atoms with Crippen molar-refractivity contribution in [2.24, 2.45) is 4.99 Å². The van der Waals surface area contributed by atoms with Crippen LogP contribution in [0.5, 0.6) is 5.75 Å². The second-order valence-corrected chi connectivity index (χ2v) is 4.65. The second kappa shape index (κ2) is 4.72. The minimum Gasteiger partial charge on any atom is -0.508 e. The van der Waals surface area contributed by atoms with E-state index in [-0.39, 0.29) is 5.75 Å². The van der Waals surface area contributed by atoms with Gasteiger partial charge in [0.2, 0.25) is 6.08 Å². The lowest BCUT2D eigenvalue weighted by Gasteiger charge is -2.24. The molecule has 0 radical (unpaired) electrons. The van der Waals surface area contributed by atoms with Crippen LogP contribution in [-0.4, -0.2) is 11.2 Å². The quantitative estimate of drug-likeness (QED) is 0.642. The van der Waals surface area contributed by atoms with Crippen molar-refractivity contribution in [2.45, 2.75) is 44.6 Å². The number of phenolic OH excluding ortho intramolecular Hbond substituents is 1. The average molecular weight is 231 g/mol. The molecule has 0 bridgehead atoms. The molecule has 0 amide bonds. The smallest absolute Gasteiger partial charge is 0.235 e. The van der Waals surface area contributed by atoms with Crippen molar-refractivity contribution in [3.63, 3.8) is 0 Å². The predicted octanol–water partition coefficient (Wildman–Crippen LogP) is 3.06. The van der Waals surface area contributed by atoms with Gasteiger partial charge in [-0.3, -0.25) is 0 Å². The number of aryl methyl sites for hydroxylation is 1. The Morgan fingerprint density at radius 2 is 2.12 bits per heavy atom. The fourth-order valence-electron chi connectivity index (χ4n) is 2.66. The Morgan fingerprint density at radius 1 is 1.41 bits per heavy atom. The third-order valence-electron chi connectivity index (χ3n) is 3.66. The number of aliphatic imine (C=N–C) groups is 1. The molecule has 1 aromatic carbocycles. The van der Waals surface area contributed by atoms with Gasteiger partial charge in [0.05, 0.1) is 0 Å². The van der Waals surface area contributed by atoms with Crippen LogP contribution < -0.4 is 0 Å². The molecule has 1 aromatic rings. The third kappa shape index (κ3) is 2.11. The van der Waals surface area contributed by atoms with Crippen LogP contribution in [0.2, 0.25) is 0 Å². The van der Waals surface area contributed by atoms with Gasteiger partial charge in [0.15, 0.2) is 0 Å². The van der Waals surface area contributed by atoms with E-state index in [2.05, 4.69) is 11.9 Å². The number of hydrogen-bond acceptors (Lipinski definition) is 3. The lowest BCUT2D eigenvalue weighted by Crippen LogP contribution is -2.19. The van der Waals surface area contributed by atoms with E-state index in [1.807, 2.05) is 12.1 Å². The normalized spacial score (nSPS) is 17.7. The Bertz CT molecular complexity index is 455.